The van der Waals surface area contributed by atoms with Crippen LogP contribution in [-0.2, 0) is 0 Å². The van der Waals surface area contributed by atoms with Crippen LogP contribution in [0.5, 0.6) is 0 Å². The summed E-state index contributed by atoms with van der Waals surface area (Å²) in [5.74, 6) is 1.18. The van der Waals surface area contributed by atoms with Crippen molar-refractivity contribution in [1.29, 1.82) is 0 Å². The van der Waals surface area contributed by atoms with Gasteiger partial charge in [0.25, 0.3) is 0 Å². The Labute approximate surface area is 74.8 Å². The maximum atomic E-state index is 4.46. The fourth-order valence-corrected chi connectivity index (χ4v) is 1.59. The van der Waals surface area contributed by atoms with Crippen molar-refractivity contribution in [2.75, 3.05) is 0 Å². The minimum absolute atomic E-state index is 0.384. The van der Waals surface area contributed by atoms with Gasteiger partial charge in [-0.25, -0.2) is 0 Å². The Morgan fingerprint density at radius 2 is 1.17 bits per heavy atom. The van der Waals surface area contributed by atoms with Crippen molar-refractivity contribution in [3.8, 4) is 0 Å². The van der Waals surface area contributed by atoms with Crippen molar-refractivity contribution in [2.45, 2.75) is 39.8 Å². The first-order valence-corrected chi connectivity index (χ1v) is 4.68. The van der Waals surface area contributed by atoms with Crippen LogP contribution in [0.4, 0.5) is 0 Å². The normalized spacial score (nSPS) is 28.8. The maximum Gasteiger partial charge on any atom is 0.0748 e. The first-order valence-electron chi connectivity index (χ1n) is 4.68. The van der Waals surface area contributed by atoms with Gasteiger partial charge in [0.2, 0.25) is 0 Å². The smallest absolute Gasteiger partial charge is 0.0748 e. The van der Waals surface area contributed by atoms with E-state index in [0.29, 0.717) is 23.9 Å². The summed E-state index contributed by atoms with van der Waals surface area (Å²) < 4.78 is 0. The summed E-state index contributed by atoms with van der Waals surface area (Å²) in [6.45, 7) is 8.83. The van der Waals surface area contributed by atoms with Crippen LogP contribution in [0.15, 0.2) is 9.98 Å². The summed E-state index contributed by atoms with van der Waals surface area (Å²) in [6.07, 6.45) is 3.65. The molecule has 0 saturated carbocycles. The minimum Gasteiger partial charge on any atom is -0.286 e. The molecule has 0 radical (unpaired) electrons. The first-order chi connectivity index (χ1) is 5.63. The molecule has 0 aromatic heterocycles. The molecule has 0 fully saturated rings. The Balaban J connectivity index is 2.71. The van der Waals surface area contributed by atoms with Crippen molar-refractivity contribution in [3.63, 3.8) is 0 Å². The zero-order valence-corrected chi connectivity index (χ0v) is 8.36. The Morgan fingerprint density at radius 3 is 1.42 bits per heavy atom. The standard InChI is InChI=1S/C10H18N2/c1-7(2)9-10(8(3)4)12-6-5-11-9/h5-10H,1-4H3. The summed E-state index contributed by atoms with van der Waals surface area (Å²) in [4.78, 5) is 8.91. The molecular formula is C10H18N2. The van der Waals surface area contributed by atoms with Gasteiger partial charge in [-0.2, -0.15) is 0 Å². The lowest BCUT2D eigenvalue weighted by Gasteiger charge is -2.28. The van der Waals surface area contributed by atoms with Crippen molar-refractivity contribution in [3.05, 3.63) is 0 Å². The average Bonchev–Trinajstić information content (AvgIpc) is 2.04. The van der Waals surface area contributed by atoms with Crippen LogP contribution in [0, 0.1) is 11.8 Å². The van der Waals surface area contributed by atoms with Gasteiger partial charge in [0, 0.05) is 12.4 Å². The van der Waals surface area contributed by atoms with Crippen molar-refractivity contribution in [1.82, 2.24) is 0 Å². The highest BCUT2D eigenvalue weighted by Gasteiger charge is 2.26. The summed E-state index contributed by atoms with van der Waals surface area (Å²) in [6, 6.07) is 0.769. The molecule has 2 unspecified atom stereocenters. The average molecular weight is 166 g/mol. The second-order valence-electron chi connectivity index (χ2n) is 4.07. The van der Waals surface area contributed by atoms with Crippen molar-refractivity contribution < 1.29 is 0 Å². The number of nitrogens with zero attached hydrogens (tertiary/aromatic N) is 2. The summed E-state index contributed by atoms with van der Waals surface area (Å²) in [5.41, 5.74) is 0. The van der Waals surface area contributed by atoms with Crippen molar-refractivity contribution >= 4 is 12.4 Å². The van der Waals surface area contributed by atoms with Crippen LogP contribution < -0.4 is 0 Å². The quantitative estimate of drug-likeness (QED) is 0.601. The van der Waals surface area contributed by atoms with E-state index in [9.17, 15) is 0 Å². The van der Waals surface area contributed by atoms with Gasteiger partial charge in [0.05, 0.1) is 12.1 Å². The molecule has 1 aliphatic heterocycles. The Morgan fingerprint density at radius 1 is 0.833 bits per heavy atom. The van der Waals surface area contributed by atoms with Gasteiger partial charge in [0.1, 0.15) is 0 Å². The van der Waals surface area contributed by atoms with Crippen LogP contribution in [0.2, 0.25) is 0 Å². The van der Waals surface area contributed by atoms with Crippen LogP contribution in [0.3, 0.4) is 0 Å². The molecule has 0 saturated heterocycles. The number of hydrogen-bond donors (Lipinski definition) is 0. The molecule has 68 valence electrons. The van der Waals surface area contributed by atoms with E-state index in [2.05, 4.69) is 37.7 Å². The van der Waals surface area contributed by atoms with Crippen molar-refractivity contribution in [2.24, 2.45) is 21.8 Å². The number of hydrogen-bond acceptors (Lipinski definition) is 2. The monoisotopic (exact) mass is 166 g/mol. The zero-order valence-electron chi connectivity index (χ0n) is 8.36. The third-order valence-electron chi connectivity index (χ3n) is 2.30. The third-order valence-corrected chi connectivity index (χ3v) is 2.30. The van der Waals surface area contributed by atoms with Crippen LogP contribution in [0.25, 0.3) is 0 Å². The molecule has 0 N–H and O–H groups in total. The van der Waals surface area contributed by atoms with E-state index in [1.54, 1.807) is 0 Å². The molecule has 0 aromatic carbocycles. The lowest BCUT2D eigenvalue weighted by Crippen LogP contribution is -2.34. The van der Waals surface area contributed by atoms with Gasteiger partial charge < -0.3 is 0 Å². The highest BCUT2D eigenvalue weighted by molar-refractivity contribution is 6.16. The number of aliphatic imine (C=N–C) groups is 2. The molecule has 2 nitrogen and oxygen atoms in total. The summed E-state index contributed by atoms with van der Waals surface area (Å²) in [7, 11) is 0. The molecule has 2 atom stereocenters. The third kappa shape index (κ3) is 1.93. The topological polar surface area (TPSA) is 24.7 Å². The molecule has 0 spiro atoms. The van der Waals surface area contributed by atoms with Gasteiger partial charge in [-0.3, -0.25) is 9.98 Å². The molecule has 1 heterocycles. The second-order valence-corrected chi connectivity index (χ2v) is 4.07. The molecule has 0 aliphatic carbocycles. The maximum absolute atomic E-state index is 4.46. The molecule has 2 heteroatoms. The molecule has 1 aliphatic rings. The number of rotatable bonds is 2. The Bertz CT molecular complexity index is 170. The van der Waals surface area contributed by atoms with Gasteiger partial charge in [-0.1, -0.05) is 27.7 Å². The molecule has 1 rings (SSSR count). The second kappa shape index (κ2) is 3.83. The predicted octanol–water partition coefficient (Wildman–Crippen LogP) is 2.19. The van der Waals surface area contributed by atoms with E-state index in [-0.39, 0.29) is 0 Å². The highest BCUT2D eigenvalue weighted by Crippen LogP contribution is 2.21. The Kier molecular flexibility index (Phi) is 3.01. The van der Waals surface area contributed by atoms with E-state index in [0.717, 1.165) is 0 Å². The van der Waals surface area contributed by atoms with E-state index >= 15 is 0 Å². The molecular weight excluding hydrogens is 148 g/mol. The van der Waals surface area contributed by atoms with E-state index in [4.69, 9.17) is 0 Å². The van der Waals surface area contributed by atoms with E-state index in [1.807, 2.05) is 12.4 Å². The molecule has 0 amide bonds. The highest BCUT2D eigenvalue weighted by atomic mass is 14.9. The fraction of sp³-hybridized carbons (Fsp3) is 0.800. The first kappa shape index (κ1) is 9.43. The molecule has 0 aromatic rings. The molecule has 12 heavy (non-hydrogen) atoms. The van der Waals surface area contributed by atoms with Crippen LogP contribution in [0.1, 0.15) is 27.7 Å². The lowest BCUT2D eigenvalue weighted by atomic mass is 9.89. The minimum atomic E-state index is 0.384. The lowest BCUT2D eigenvalue weighted by molar-refractivity contribution is 0.351. The van der Waals surface area contributed by atoms with Gasteiger partial charge >= 0.3 is 0 Å². The summed E-state index contributed by atoms with van der Waals surface area (Å²) in [5, 5.41) is 0. The van der Waals surface area contributed by atoms with Crippen LogP contribution >= 0.6 is 0 Å². The molecule has 0 bridgehead atoms. The predicted molar refractivity (Wildman–Crippen MR) is 54.2 cm³/mol. The van der Waals surface area contributed by atoms with Gasteiger partial charge in [-0.15, -0.1) is 0 Å². The van der Waals surface area contributed by atoms with Crippen LogP contribution in [-0.4, -0.2) is 24.5 Å². The summed E-state index contributed by atoms with van der Waals surface area (Å²) >= 11 is 0. The van der Waals surface area contributed by atoms with E-state index < -0.39 is 0 Å². The van der Waals surface area contributed by atoms with E-state index in [1.165, 1.54) is 0 Å². The SMILES string of the molecule is CC(C)C1N=CC=NC1C(C)C. The van der Waals surface area contributed by atoms with Gasteiger partial charge in [-0.05, 0) is 11.8 Å². The Hall–Kier alpha value is -0.660. The zero-order chi connectivity index (χ0) is 9.14. The van der Waals surface area contributed by atoms with Gasteiger partial charge in [0.15, 0.2) is 0 Å². The fourth-order valence-electron chi connectivity index (χ4n) is 1.59. The largest absolute Gasteiger partial charge is 0.286 e.